The lowest BCUT2D eigenvalue weighted by molar-refractivity contribution is -0.126. The van der Waals surface area contributed by atoms with E-state index in [-0.39, 0.29) is 11.8 Å². The molecule has 0 radical (unpaired) electrons. The Morgan fingerprint density at radius 3 is 2.54 bits per heavy atom. The third-order valence-electron chi connectivity index (χ3n) is 6.68. The van der Waals surface area contributed by atoms with Crippen LogP contribution >= 0.6 is 11.6 Å². The molecule has 4 heterocycles. The van der Waals surface area contributed by atoms with Crippen molar-refractivity contribution in [2.75, 3.05) is 44.2 Å². The van der Waals surface area contributed by atoms with E-state index < -0.39 is 0 Å². The first kappa shape index (κ1) is 24.9. The van der Waals surface area contributed by atoms with Gasteiger partial charge in [-0.3, -0.25) is 9.59 Å². The molecule has 0 bridgehead atoms. The Bertz CT molecular complexity index is 1310. The summed E-state index contributed by atoms with van der Waals surface area (Å²) in [5.41, 5.74) is 2.39. The Labute approximate surface area is 220 Å². The average molecular weight is 521 g/mol. The van der Waals surface area contributed by atoms with Crippen LogP contribution in [-0.2, 0) is 11.3 Å². The second-order valence-corrected chi connectivity index (χ2v) is 9.67. The van der Waals surface area contributed by atoms with E-state index in [1.54, 1.807) is 31.3 Å². The van der Waals surface area contributed by atoms with E-state index >= 15 is 0 Å². The van der Waals surface area contributed by atoms with Gasteiger partial charge in [-0.05, 0) is 66.4 Å². The van der Waals surface area contributed by atoms with Crippen LogP contribution < -0.4 is 4.90 Å². The second-order valence-electron chi connectivity index (χ2n) is 9.23. The maximum absolute atomic E-state index is 13.0. The molecular weight excluding hydrogens is 492 g/mol. The molecule has 2 amide bonds. The lowest BCUT2D eigenvalue weighted by atomic mass is 10.1. The van der Waals surface area contributed by atoms with Gasteiger partial charge in [0, 0.05) is 56.6 Å². The van der Waals surface area contributed by atoms with E-state index in [0.717, 1.165) is 37.1 Å². The quantitative estimate of drug-likeness (QED) is 0.461. The Kier molecular flexibility index (Phi) is 7.45. The van der Waals surface area contributed by atoms with Crippen LogP contribution in [0.4, 0.5) is 5.82 Å². The van der Waals surface area contributed by atoms with Crippen LogP contribution in [0, 0.1) is 6.92 Å². The van der Waals surface area contributed by atoms with Gasteiger partial charge in [-0.15, -0.1) is 10.2 Å². The summed E-state index contributed by atoms with van der Waals surface area (Å²) in [7, 11) is 0. The Balaban J connectivity index is 1.23. The molecule has 2 fully saturated rings. The standard InChI is InChI=1S/C26H29ClN8O2/c1-19-29-31-35(30-19)18-21-17-22(27)8-6-20(21)7-9-24(36)32-13-15-33(16-14-32)25-23(5-4-10-28-25)26(37)34-11-2-3-12-34/h4-10,17H,2-3,11-16,18H2,1H3. The molecule has 0 spiro atoms. The largest absolute Gasteiger partial charge is 0.352 e. The smallest absolute Gasteiger partial charge is 0.257 e. The van der Waals surface area contributed by atoms with Gasteiger partial charge in [0.1, 0.15) is 5.82 Å². The molecule has 1 aromatic carbocycles. The summed E-state index contributed by atoms with van der Waals surface area (Å²) < 4.78 is 0. The number of amides is 2. The third-order valence-corrected chi connectivity index (χ3v) is 6.91. The van der Waals surface area contributed by atoms with Crippen molar-refractivity contribution in [1.82, 2.24) is 35.0 Å². The number of likely N-dealkylation sites (tertiary alicyclic amines) is 1. The van der Waals surface area contributed by atoms with Crippen LogP contribution in [0.1, 0.15) is 40.2 Å². The van der Waals surface area contributed by atoms with E-state index in [1.807, 2.05) is 34.1 Å². The van der Waals surface area contributed by atoms with Crippen LogP contribution in [0.2, 0.25) is 5.02 Å². The fourth-order valence-corrected chi connectivity index (χ4v) is 4.92. The zero-order valence-electron chi connectivity index (χ0n) is 20.8. The number of halogens is 1. The van der Waals surface area contributed by atoms with E-state index in [1.165, 1.54) is 4.80 Å². The minimum atomic E-state index is -0.0651. The van der Waals surface area contributed by atoms with Crippen LogP contribution in [0.25, 0.3) is 6.08 Å². The summed E-state index contributed by atoms with van der Waals surface area (Å²) in [5, 5.41) is 12.8. The molecule has 0 unspecified atom stereocenters. The molecule has 2 aromatic heterocycles. The lowest BCUT2D eigenvalue weighted by Crippen LogP contribution is -2.49. The van der Waals surface area contributed by atoms with Crippen molar-refractivity contribution in [2.45, 2.75) is 26.3 Å². The van der Waals surface area contributed by atoms with Gasteiger partial charge >= 0.3 is 0 Å². The number of hydrogen-bond donors (Lipinski definition) is 0. The number of rotatable bonds is 6. The number of hydrogen-bond acceptors (Lipinski definition) is 7. The summed E-state index contributed by atoms with van der Waals surface area (Å²) in [6.45, 7) is 6.09. The number of nitrogens with zero attached hydrogens (tertiary/aromatic N) is 8. The fourth-order valence-electron chi connectivity index (χ4n) is 4.73. The van der Waals surface area contributed by atoms with Gasteiger partial charge < -0.3 is 14.7 Å². The molecular formula is C26H29ClN8O2. The van der Waals surface area contributed by atoms with Crippen LogP contribution in [0.3, 0.4) is 0 Å². The summed E-state index contributed by atoms with van der Waals surface area (Å²) in [6.07, 6.45) is 7.20. The summed E-state index contributed by atoms with van der Waals surface area (Å²) in [4.78, 5) is 37.9. The van der Waals surface area contributed by atoms with Crippen molar-refractivity contribution in [2.24, 2.45) is 0 Å². The topological polar surface area (TPSA) is 100 Å². The number of anilines is 1. The Hall–Kier alpha value is -3.79. The van der Waals surface area contributed by atoms with E-state index in [2.05, 4.69) is 25.3 Å². The maximum atomic E-state index is 13.0. The number of tetrazole rings is 1. The maximum Gasteiger partial charge on any atom is 0.257 e. The zero-order valence-corrected chi connectivity index (χ0v) is 21.5. The molecule has 0 aliphatic carbocycles. The van der Waals surface area contributed by atoms with Gasteiger partial charge in [-0.1, -0.05) is 17.7 Å². The first-order valence-electron chi connectivity index (χ1n) is 12.5. The molecule has 2 saturated heterocycles. The molecule has 37 heavy (non-hydrogen) atoms. The van der Waals surface area contributed by atoms with Gasteiger partial charge in [0.05, 0.1) is 12.1 Å². The highest BCUT2D eigenvalue weighted by Crippen LogP contribution is 2.23. The lowest BCUT2D eigenvalue weighted by Gasteiger charge is -2.35. The molecule has 0 saturated carbocycles. The molecule has 3 aromatic rings. The van der Waals surface area contributed by atoms with E-state index in [0.29, 0.717) is 55.0 Å². The van der Waals surface area contributed by atoms with Gasteiger partial charge in [-0.2, -0.15) is 4.80 Å². The first-order valence-corrected chi connectivity index (χ1v) is 12.8. The molecule has 2 aliphatic heterocycles. The number of aryl methyl sites for hydroxylation is 1. The number of pyridine rings is 1. The van der Waals surface area contributed by atoms with Crippen LogP contribution in [0.5, 0.6) is 0 Å². The van der Waals surface area contributed by atoms with Gasteiger partial charge in [0.2, 0.25) is 5.91 Å². The van der Waals surface area contributed by atoms with Crippen LogP contribution in [0.15, 0.2) is 42.6 Å². The van der Waals surface area contributed by atoms with Gasteiger partial charge in [0.15, 0.2) is 5.82 Å². The molecule has 11 heteroatoms. The molecule has 2 aliphatic rings. The monoisotopic (exact) mass is 520 g/mol. The third kappa shape index (κ3) is 5.80. The summed E-state index contributed by atoms with van der Waals surface area (Å²) in [6, 6.07) is 9.17. The molecule has 5 rings (SSSR count). The van der Waals surface area contributed by atoms with Crippen molar-refractivity contribution in [3.05, 3.63) is 70.1 Å². The van der Waals surface area contributed by atoms with Crippen molar-refractivity contribution < 1.29 is 9.59 Å². The molecule has 10 nitrogen and oxygen atoms in total. The molecule has 0 atom stereocenters. The van der Waals surface area contributed by atoms with Crippen molar-refractivity contribution in [1.29, 1.82) is 0 Å². The predicted octanol–water partition coefficient (Wildman–Crippen LogP) is 2.68. The van der Waals surface area contributed by atoms with Gasteiger partial charge in [0.25, 0.3) is 5.91 Å². The average Bonchev–Trinajstić information content (AvgIpc) is 3.60. The highest BCUT2D eigenvalue weighted by molar-refractivity contribution is 6.30. The first-order chi connectivity index (χ1) is 18.0. The highest BCUT2D eigenvalue weighted by Gasteiger charge is 2.27. The SMILES string of the molecule is Cc1nnn(Cc2cc(Cl)ccc2C=CC(=O)N2CCN(c3ncccc3C(=O)N3CCCC3)CC2)n1. The zero-order chi connectivity index (χ0) is 25.8. The van der Waals surface area contributed by atoms with Gasteiger partial charge in [-0.25, -0.2) is 4.98 Å². The predicted molar refractivity (Wildman–Crippen MR) is 140 cm³/mol. The normalized spacial score (nSPS) is 16.1. The van der Waals surface area contributed by atoms with Crippen molar-refractivity contribution in [3.8, 4) is 0 Å². The number of aromatic nitrogens is 5. The number of carbonyl (C=O) groups excluding carboxylic acids is 2. The Morgan fingerprint density at radius 1 is 1.03 bits per heavy atom. The number of piperazine rings is 1. The second kappa shape index (κ2) is 11.1. The molecule has 192 valence electrons. The fraction of sp³-hybridized carbons (Fsp3) is 0.385. The minimum absolute atomic E-state index is 0.0389. The van der Waals surface area contributed by atoms with Crippen molar-refractivity contribution >= 4 is 35.3 Å². The number of benzene rings is 1. The van der Waals surface area contributed by atoms with Crippen LogP contribution in [-0.4, -0.2) is 86.1 Å². The highest BCUT2D eigenvalue weighted by atomic mass is 35.5. The Morgan fingerprint density at radius 2 is 1.81 bits per heavy atom. The van der Waals surface area contributed by atoms with E-state index in [4.69, 9.17) is 11.6 Å². The minimum Gasteiger partial charge on any atom is -0.352 e. The summed E-state index contributed by atoms with van der Waals surface area (Å²) >= 11 is 6.21. The van der Waals surface area contributed by atoms with E-state index in [9.17, 15) is 9.59 Å². The number of carbonyl (C=O) groups is 2. The van der Waals surface area contributed by atoms with Crippen molar-refractivity contribution in [3.63, 3.8) is 0 Å². The summed E-state index contributed by atoms with van der Waals surface area (Å²) in [5.74, 6) is 1.26. The molecule has 0 N–H and O–H groups in total.